The molecule has 0 saturated heterocycles. The Morgan fingerprint density at radius 1 is 0.757 bits per heavy atom. The maximum atomic E-state index is 3.96. The maximum absolute atomic E-state index is 3.96. The van der Waals surface area contributed by atoms with Gasteiger partial charge in [-0.2, -0.15) is 0 Å². The lowest BCUT2D eigenvalue weighted by Gasteiger charge is -2.74. The zero-order valence-electron chi connectivity index (χ0n) is 25.2. The number of rotatable bonds is 3. The van der Waals surface area contributed by atoms with E-state index in [9.17, 15) is 0 Å². The van der Waals surface area contributed by atoms with Gasteiger partial charge in [0.15, 0.2) is 0 Å². The van der Waals surface area contributed by atoms with Crippen molar-refractivity contribution in [3.8, 4) is 0 Å². The SMILES string of the molecule is C=Cc1ccc(C2=CCC3(C)C(CCC4(C)C3CCC3[C@@]5(C)CCCC5(CC)CC[C@]34C)C2(C)C)cc1. The number of fused-ring (bicyclic) bond motifs is 7. The zero-order chi connectivity index (χ0) is 26.5. The summed E-state index contributed by atoms with van der Waals surface area (Å²) in [6, 6.07) is 9.18. The lowest BCUT2D eigenvalue weighted by molar-refractivity contribution is -0.243. The van der Waals surface area contributed by atoms with Crippen molar-refractivity contribution in [1.82, 2.24) is 0 Å². The van der Waals surface area contributed by atoms with Gasteiger partial charge in [0, 0.05) is 0 Å². The largest absolute Gasteiger partial charge is 0.0985 e. The summed E-state index contributed by atoms with van der Waals surface area (Å²) in [6.07, 6.45) is 20.5. The van der Waals surface area contributed by atoms with E-state index < -0.39 is 0 Å². The molecule has 6 rings (SSSR count). The Labute approximate surface area is 228 Å². The molecule has 5 aliphatic carbocycles. The minimum atomic E-state index is 0.211. The third-order valence-electron chi connectivity index (χ3n) is 15.0. The van der Waals surface area contributed by atoms with E-state index in [1.165, 1.54) is 81.8 Å². The van der Waals surface area contributed by atoms with Gasteiger partial charge in [0.1, 0.15) is 0 Å². The Morgan fingerprint density at radius 2 is 1.43 bits per heavy atom. The Kier molecular flexibility index (Phi) is 5.69. The van der Waals surface area contributed by atoms with E-state index in [0.717, 1.165) is 17.8 Å². The van der Waals surface area contributed by atoms with Crippen molar-refractivity contribution in [3.05, 3.63) is 48.0 Å². The van der Waals surface area contributed by atoms with Gasteiger partial charge in [-0.25, -0.2) is 0 Å². The molecule has 8 atom stereocenters. The Morgan fingerprint density at radius 3 is 2.11 bits per heavy atom. The van der Waals surface area contributed by atoms with Crippen LogP contribution in [0, 0.1) is 50.2 Å². The molecule has 0 nitrogen and oxygen atoms in total. The van der Waals surface area contributed by atoms with Crippen LogP contribution in [0.25, 0.3) is 11.6 Å². The average Bonchev–Trinajstić information content (AvgIpc) is 3.21. The molecule has 1 aromatic carbocycles. The van der Waals surface area contributed by atoms with E-state index in [1.54, 1.807) is 5.57 Å². The second kappa shape index (κ2) is 8.11. The van der Waals surface area contributed by atoms with Crippen molar-refractivity contribution < 1.29 is 0 Å². The van der Waals surface area contributed by atoms with Crippen LogP contribution in [0.5, 0.6) is 0 Å². The fraction of sp³-hybridized carbons (Fsp3) is 0.730. The highest BCUT2D eigenvalue weighted by molar-refractivity contribution is 5.72. The number of hydrogen-bond acceptors (Lipinski definition) is 0. The van der Waals surface area contributed by atoms with E-state index >= 15 is 0 Å². The quantitative estimate of drug-likeness (QED) is 0.389. The number of benzene rings is 1. The highest BCUT2D eigenvalue weighted by Crippen LogP contribution is 2.79. The number of hydrogen-bond donors (Lipinski definition) is 0. The molecule has 37 heavy (non-hydrogen) atoms. The molecule has 0 radical (unpaired) electrons. The fourth-order valence-corrected chi connectivity index (χ4v) is 12.9. The molecule has 0 bridgehead atoms. The minimum Gasteiger partial charge on any atom is -0.0985 e. The van der Waals surface area contributed by atoms with Crippen LogP contribution in [0.2, 0.25) is 0 Å². The standard InChI is InChI=1S/C37H54/c1-9-26-12-14-27(15-13-26)28-18-22-33(5)29(32(28,3)4)19-23-34(6)30(33)16-17-31-35(34,7)24-25-37(10-2)21-11-20-36(31,37)8/h9,12-15,18,29-31H,1,10-11,16-17,19-25H2,2-8H3/t29?,30?,31?,33?,34?,35-,36-,37?/m1/s1. The Bertz CT molecular complexity index is 1100. The van der Waals surface area contributed by atoms with Gasteiger partial charge in [-0.15, -0.1) is 0 Å². The highest BCUT2D eigenvalue weighted by atomic mass is 14.8. The molecule has 4 saturated carbocycles. The molecule has 0 aliphatic heterocycles. The lowest BCUT2D eigenvalue weighted by atomic mass is 9.31. The summed E-state index contributed by atoms with van der Waals surface area (Å²) < 4.78 is 0. The number of allylic oxidation sites excluding steroid dienone is 2. The van der Waals surface area contributed by atoms with Crippen LogP contribution in [0.1, 0.15) is 130 Å². The smallest absolute Gasteiger partial charge is 0.00671 e. The summed E-state index contributed by atoms with van der Waals surface area (Å²) in [5.41, 5.74) is 7.03. The predicted octanol–water partition coefficient (Wildman–Crippen LogP) is 11.0. The highest BCUT2D eigenvalue weighted by Gasteiger charge is 2.71. The van der Waals surface area contributed by atoms with Crippen molar-refractivity contribution in [2.45, 2.75) is 119 Å². The van der Waals surface area contributed by atoms with Gasteiger partial charge in [-0.05, 0) is 131 Å². The van der Waals surface area contributed by atoms with Gasteiger partial charge >= 0.3 is 0 Å². The summed E-state index contributed by atoms with van der Waals surface area (Å²) in [4.78, 5) is 0. The van der Waals surface area contributed by atoms with Crippen LogP contribution in [0.15, 0.2) is 36.9 Å². The lowest BCUT2D eigenvalue weighted by Crippen LogP contribution is -2.66. The molecule has 202 valence electrons. The van der Waals surface area contributed by atoms with Gasteiger partial charge in [0.2, 0.25) is 0 Å². The first kappa shape index (κ1) is 26.0. The average molecular weight is 499 g/mol. The van der Waals surface area contributed by atoms with Gasteiger partial charge in [-0.3, -0.25) is 0 Å². The van der Waals surface area contributed by atoms with E-state index in [-0.39, 0.29) is 5.41 Å². The third kappa shape index (κ3) is 3.08. The van der Waals surface area contributed by atoms with Crippen molar-refractivity contribution in [2.75, 3.05) is 0 Å². The Hall–Kier alpha value is -1.30. The molecule has 5 aliphatic rings. The van der Waals surface area contributed by atoms with Gasteiger partial charge in [-0.1, -0.05) is 97.9 Å². The second-order valence-electron chi connectivity index (χ2n) is 15.9. The van der Waals surface area contributed by atoms with E-state index in [0.29, 0.717) is 27.1 Å². The first-order valence-corrected chi connectivity index (χ1v) is 15.9. The van der Waals surface area contributed by atoms with Crippen LogP contribution in [-0.2, 0) is 0 Å². The minimum absolute atomic E-state index is 0.211. The van der Waals surface area contributed by atoms with Crippen LogP contribution in [-0.4, -0.2) is 0 Å². The molecule has 1 aromatic rings. The van der Waals surface area contributed by atoms with E-state index in [1.807, 2.05) is 6.08 Å². The molecule has 0 amide bonds. The fourth-order valence-electron chi connectivity index (χ4n) is 12.9. The second-order valence-corrected chi connectivity index (χ2v) is 15.9. The molecule has 0 heteroatoms. The predicted molar refractivity (Wildman–Crippen MR) is 160 cm³/mol. The van der Waals surface area contributed by atoms with Crippen molar-refractivity contribution in [2.24, 2.45) is 50.2 Å². The van der Waals surface area contributed by atoms with Gasteiger partial charge in [0.25, 0.3) is 0 Å². The van der Waals surface area contributed by atoms with Crippen LogP contribution in [0.4, 0.5) is 0 Å². The van der Waals surface area contributed by atoms with E-state index in [2.05, 4.69) is 85.4 Å². The van der Waals surface area contributed by atoms with Gasteiger partial charge in [0.05, 0.1) is 0 Å². The summed E-state index contributed by atoms with van der Waals surface area (Å²) in [5, 5.41) is 0. The molecule has 6 unspecified atom stereocenters. The summed E-state index contributed by atoms with van der Waals surface area (Å²) >= 11 is 0. The molecule has 0 spiro atoms. The molecule has 4 fully saturated rings. The van der Waals surface area contributed by atoms with Crippen LogP contribution >= 0.6 is 0 Å². The van der Waals surface area contributed by atoms with Crippen molar-refractivity contribution in [3.63, 3.8) is 0 Å². The summed E-state index contributed by atoms with van der Waals surface area (Å²) in [6.45, 7) is 22.7. The molecule has 0 N–H and O–H groups in total. The first-order chi connectivity index (χ1) is 17.4. The van der Waals surface area contributed by atoms with Crippen LogP contribution < -0.4 is 0 Å². The van der Waals surface area contributed by atoms with Crippen LogP contribution in [0.3, 0.4) is 0 Å². The molecular weight excluding hydrogens is 444 g/mol. The monoisotopic (exact) mass is 498 g/mol. The van der Waals surface area contributed by atoms with Gasteiger partial charge < -0.3 is 0 Å². The summed E-state index contributed by atoms with van der Waals surface area (Å²) in [7, 11) is 0. The topological polar surface area (TPSA) is 0 Å². The summed E-state index contributed by atoms with van der Waals surface area (Å²) in [5.74, 6) is 2.53. The maximum Gasteiger partial charge on any atom is -0.00671 e. The first-order valence-electron chi connectivity index (χ1n) is 15.9. The third-order valence-corrected chi connectivity index (χ3v) is 15.0. The Balaban J connectivity index is 1.38. The van der Waals surface area contributed by atoms with Crippen molar-refractivity contribution in [1.29, 1.82) is 0 Å². The normalized spacial score (nSPS) is 48.2. The van der Waals surface area contributed by atoms with Crippen molar-refractivity contribution >= 4 is 11.6 Å². The molecule has 0 aromatic heterocycles. The van der Waals surface area contributed by atoms with E-state index in [4.69, 9.17) is 0 Å². The molecule has 0 heterocycles. The molecular formula is C37H54. The zero-order valence-corrected chi connectivity index (χ0v) is 25.2.